The zero-order valence-electron chi connectivity index (χ0n) is 9.32. The Morgan fingerprint density at radius 1 is 1.28 bits per heavy atom. The predicted octanol–water partition coefficient (Wildman–Crippen LogP) is 1.69. The third kappa shape index (κ3) is 1.98. The van der Waals surface area contributed by atoms with Crippen molar-refractivity contribution >= 4 is 0 Å². The molecule has 0 saturated heterocycles. The first kappa shape index (κ1) is 11.9. The lowest BCUT2D eigenvalue weighted by atomic mass is 10.2. The molecule has 0 saturated carbocycles. The molecule has 1 aromatic carbocycles. The van der Waals surface area contributed by atoms with Crippen LogP contribution in [0.2, 0.25) is 0 Å². The molecule has 0 fully saturated rings. The predicted molar refractivity (Wildman–Crippen MR) is 59.2 cm³/mol. The van der Waals surface area contributed by atoms with Crippen LogP contribution in [0.4, 0.5) is 8.78 Å². The SMILES string of the molecule is Cc1cnn(-c2cc(F)c(C#N)cc2F)c(=O)c1. The minimum atomic E-state index is -0.900. The minimum Gasteiger partial charge on any atom is -0.267 e. The molecule has 0 aliphatic heterocycles. The molecule has 0 amide bonds. The van der Waals surface area contributed by atoms with Gasteiger partial charge in [0.1, 0.15) is 17.6 Å². The van der Waals surface area contributed by atoms with Crippen LogP contribution in [0, 0.1) is 29.9 Å². The highest BCUT2D eigenvalue weighted by Crippen LogP contribution is 2.16. The van der Waals surface area contributed by atoms with Crippen molar-refractivity contribution in [3.05, 3.63) is 57.5 Å². The van der Waals surface area contributed by atoms with Gasteiger partial charge in [0.25, 0.3) is 5.56 Å². The van der Waals surface area contributed by atoms with E-state index in [0.29, 0.717) is 5.56 Å². The minimum absolute atomic E-state index is 0.323. The normalized spacial score (nSPS) is 10.1. The van der Waals surface area contributed by atoms with Gasteiger partial charge >= 0.3 is 0 Å². The van der Waals surface area contributed by atoms with Crippen molar-refractivity contribution < 1.29 is 8.78 Å². The summed E-state index contributed by atoms with van der Waals surface area (Å²) in [5, 5.41) is 12.3. The second kappa shape index (κ2) is 4.37. The number of halogens is 2. The quantitative estimate of drug-likeness (QED) is 0.770. The van der Waals surface area contributed by atoms with Crippen LogP contribution in [0.25, 0.3) is 5.69 Å². The van der Waals surface area contributed by atoms with Crippen molar-refractivity contribution in [3.8, 4) is 11.8 Å². The van der Waals surface area contributed by atoms with Crippen molar-refractivity contribution in [1.29, 1.82) is 5.26 Å². The Morgan fingerprint density at radius 3 is 2.61 bits per heavy atom. The maximum atomic E-state index is 13.7. The molecular weight excluding hydrogens is 240 g/mol. The highest BCUT2D eigenvalue weighted by Gasteiger charge is 2.13. The molecule has 6 heteroatoms. The lowest BCUT2D eigenvalue weighted by Crippen LogP contribution is -2.21. The molecule has 0 aliphatic carbocycles. The molecule has 0 radical (unpaired) electrons. The third-order valence-electron chi connectivity index (χ3n) is 2.32. The van der Waals surface area contributed by atoms with Crippen molar-refractivity contribution in [1.82, 2.24) is 9.78 Å². The molecule has 1 aromatic heterocycles. The van der Waals surface area contributed by atoms with E-state index in [1.807, 2.05) is 0 Å². The first-order valence-electron chi connectivity index (χ1n) is 4.98. The van der Waals surface area contributed by atoms with E-state index >= 15 is 0 Å². The molecule has 0 unspecified atom stereocenters. The van der Waals surface area contributed by atoms with Gasteiger partial charge in [0.2, 0.25) is 0 Å². The standard InChI is InChI=1S/C12H7F2N3O/c1-7-2-12(18)17(16-6-7)11-4-9(13)8(5-15)3-10(11)14/h2-4,6H,1H3. The first-order chi connectivity index (χ1) is 8.52. The maximum Gasteiger partial charge on any atom is 0.271 e. The lowest BCUT2D eigenvalue weighted by molar-refractivity contribution is 0.580. The number of aromatic nitrogens is 2. The van der Waals surface area contributed by atoms with Gasteiger partial charge in [-0.1, -0.05) is 0 Å². The summed E-state index contributed by atoms with van der Waals surface area (Å²) in [4.78, 5) is 11.6. The fourth-order valence-corrected chi connectivity index (χ4v) is 1.46. The van der Waals surface area contributed by atoms with Gasteiger partial charge in [-0.3, -0.25) is 4.79 Å². The molecule has 90 valence electrons. The van der Waals surface area contributed by atoms with Gasteiger partial charge in [-0.15, -0.1) is 0 Å². The van der Waals surface area contributed by atoms with Crippen LogP contribution in [0.3, 0.4) is 0 Å². The zero-order chi connectivity index (χ0) is 13.3. The van der Waals surface area contributed by atoms with E-state index in [1.165, 1.54) is 18.3 Å². The van der Waals surface area contributed by atoms with Crippen LogP contribution in [0.5, 0.6) is 0 Å². The summed E-state index contributed by atoms with van der Waals surface area (Å²) in [7, 11) is 0. The Balaban J connectivity index is 2.69. The molecule has 1 heterocycles. The topological polar surface area (TPSA) is 58.7 Å². The van der Waals surface area contributed by atoms with Crippen molar-refractivity contribution in [2.75, 3.05) is 0 Å². The van der Waals surface area contributed by atoms with Gasteiger partial charge < -0.3 is 0 Å². The van der Waals surface area contributed by atoms with E-state index < -0.39 is 22.8 Å². The summed E-state index contributed by atoms with van der Waals surface area (Å²) in [6.07, 6.45) is 1.36. The van der Waals surface area contributed by atoms with Crippen LogP contribution < -0.4 is 5.56 Å². The van der Waals surface area contributed by atoms with Gasteiger partial charge in [-0.25, -0.2) is 8.78 Å². The van der Waals surface area contributed by atoms with Crippen LogP contribution in [0.15, 0.2) is 29.2 Å². The van der Waals surface area contributed by atoms with E-state index in [4.69, 9.17) is 5.26 Å². The summed E-state index contributed by atoms with van der Waals surface area (Å²) in [6.45, 7) is 1.66. The lowest BCUT2D eigenvalue weighted by Gasteiger charge is -2.06. The van der Waals surface area contributed by atoms with E-state index in [-0.39, 0.29) is 5.69 Å². The van der Waals surface area contributed by atoms with Gasteiger partial charge in [0.05, 0.1) is 11.8 Å². The van der Waals surface area contributed by atoms with Crippen molar-refractivity contribution in [2.45, 2.75) is 6.92 Å². The molecular formula is C12H7F2N3O. The largest absolute Gasteiger partial charge is 0.271 e. The van der Waals surface area contributed by atoms with Crippen LogP contribution in [-0.2, 0) is 0 Å². The average molecular weight is 247 g/mol. The molecule has 0 bridgehead atoms. The summed E-state index contributed by atoms with van der Waals surface area (Å²) in [5.74, 6) is -1.78. The van der Waals surface area contributed by atoms with Gasteiger partial charge in [-0.05, 0) is 18.6 Å². The monoisotopic (exact) mass is 247 g/mol. The molecule has 18 heavy (non-hydrogen) atoms. The molecule has 0 atom stereocenters. The Kier molecular flexibility index (Phi) is 2.90. The molecule has 2 aromatic rings. The number of aryl methyl sites for hydroxylation is 1. The smallest absolute Gasteiger partial charge is 0.267 e. The van der Waals surface area contributed by atoms with Crippen molar-refractivity contribution in [3.63, 3.8) is 0 Å². The van der Waals surface area contributed by atoms with E-state index in [1.54, 1.807) is 6.92 Å². The van der Waals surface area contributed by atoms with E-state index in [9.17, 15) is 13.6 Å². The summed E-state index contributed by atoms with van der Waals surface area (Å²) in [6, 6.07) is 4.28. The Morgan fingerprint density at radius 2 is 2.00 bits per heavy atom. The van der Waals surface area contributed by atoms with Crippen molar-refractivity contribution in [2.24, 2.45) is 0 Å². The Bertz CT molecular complexity index is 716. The number of nitrogens with zero attached hydrogens (tertiary/aromatic N) is 3. The van der Waals surface area contributed by atoms with Gasteiger partial charge in [0.15, 0.2) is 5.82 Å². The van der Waals surface area contributed by atoms with Crippen LogP contribution >= 0.6 is 0 Å². The summed E-state index contributed by atoms with van der Waals surface area (Å²) in [5.41, 5.74) is -0.698. The average Bonchev–Trinajstić information content (AvgIpc) is 2.32. The number of hydrogen-bond acceptors (Lipinski definition) is 3. The van der Waals surface area contributed by atoms with E-state index in [2.05, 4.69) is 5.10 Å². The van der Waals surface area contributed by atoms with E-state index in [0.717, 1.165) is 16.8 Å². The molecule has 4 nitrogen and oxygen atoms in total. The molecule has 0 spiro atoms. The van der Waals surface area contributed by atoms with Crippen LogP contribution in [0.1, 0.15) is 11.1 Å². The number of benzene rings is 1. The number of rotatable bonds is 1. The summed E-state index contributed by atoms with van der Waals surface area (Å²) >= 11 is 0. The highest BCUT2D eigenvalue weighted by molar-refractivity contribution is 5.41. The summed E-state index contributed by atoms with van der Waals surface area (Å²) < 4.78 is 27.8. The second-order valence-electron chi connectivity index (χ2n) is 3.68. The van der Waals surface area contributed by atoms with Crippen LogP contribution in [-0.4, -0.2) is 9.78 Å². The fourth-order valence-electron chi connectivity index (χ4n) is 1.46. The highest BCUT2D eigenvalue weighted by atomic mass is 19.1. The number of nitriles is 1. The van der Waals surface area contributed by atoms with Gasteiger partial charge in [-0.2, -0.15) is 15.0 Å². The first-order valence-corrected chi connectivity index (χ1v) is 4.98. The Hall–Kier alpha value is -2.55. The number of hydrogen-bond donors (Lipinski definition) is 0. The fraction of sp³-hybridized carbons (Fsp3) is 0.0833. The zero-order valence-corrected chi connectivity index (χ0v) is 9.32. The third-order valence-corrected chi connectivity index (χ3v) is 2.32. The second-order valence-corrected chi connectivity index (χ2v) is 3.68. The van der Waals surface area contributed by atoms with Gasteiger partial charge in [0, 0.05) is 12.1 Å². The molecule has 0 aliphatic rings. The molecule has 2 rings (SSSR count). The maximum absolute atomic E-state index is 13.7. The Labute approximate surface area is 101 Å². The molecule has 0 N–H and O–H groups in total.